The van der Waals surface area contributed by atoms with E-state index in [9.17, 15) is 0 Å². The zero-order valence-electron chi connectivity index (χ0n) is 31.7. The van der Waals surface area contributed by atoms with E-state index >= 15 is 0 Å². The van der Waals surface area contributed by atoms with Crippen LogP contribution in [0.4, 0.5) is 17.1 Å². The van der Waals surface area contributed by atoms with Crippen molar-refractivity contribution in [1.29, 1.82) is 0 Å². The largest absolute Gasteiger partial charge is 0.310 e. The van der Waals surface area contributed by atoms with Crippen LogP contribution in [0.5, 0.6) is 0 Å². The molecule has 0 N–H and O–H groups in total. The van der Waals surface area contributed by atoms with E-state index in [-0.39, 0.29) is 5.41 Å². The van der Waals surface area contributed by atoms with Crippen molar-refractivity contribution in [3.05, 3.63) is 223 Å². The number of rotatable bonds is 7. The van der Waals surface area contributed by atoms with Gasteiger partial charge in [0.1, 0.15) is 0 Å². The van der Waals surface area contributed by atoms with Gasteiger partial charge in [0.15, 0.2) is 0 Å². The van der Waals surface area contributed by atoms with Crippen LogP contribution in [-0.4, -0.2) is 0 Å². The Hall–Kier alpha value is -6.96. The quantitative estimate of drug-likeness (QED) is 0.159. The van der Waals surface area contributed by atoms with Gasteiger partial charge in [-0.2, -0.15) is 0 Å². The molecule has 9 aromatic rings. The highest BCUT2D eigenvalue weighted by atomic mass is 15.1. The van der Waals surface area contributed by atoms with E-state index in [4.69, 9.17) is 0 Å². The van der Waals surface area contributed by atoms with Crippen LogP contribution >= 0.6 is 0 Å². The summed E-state index contributed by atoms with van der Waals surface area (Å²) in [6, 6.07) is 77.5. The van der Waals surface area contributed by atoms with Gasteiger partial charge in [-0.05, 0) is 102 Å². The topological polar surface area (TPSA) is 3.24 Å². The number of para-hydroxylation sites is 1. The number of fused-ring (bicyclic) bond motifs is 4. The molecule has 0 heterocycles. The smallest absolute Gasteiger partial charge is 0.0540 e. The van der Waals surface area contributed by atoms with Gasteiger partial charge in [-0.25, -0.2) is 0 Å². The molecule has 10 rings (SSSR count). The molecule has 9 aromatic carbocycles. The van der Waals surface area contributed by atoms with Crippen LogP contribution in [0, 0.1) is 0 Å². The van der Waals surface area contributed by atoms with Gasteiger partial charge in [-0.15, -0.1) is 0 Å². The third-order valence-corrected chi connectivity index (χ3v) is 11.7. The summed E-state index contributed by atoms with van der Waals surface area (Å²) in [5.41, 5.74) is 18.4. The monoisotopic (exact) mass is 715 g/mol. The van der Waals surface area contributed by atoms with E-state index in [0.717, 1.165) is 17.1 Å². The SMILES string of the molecule is CC1(C)c2cc(N(c3ccc(-c4cccc5cccc(-c6ccccc6)c45)cc3)c3ccccc3-c3ccccc3)ccc2-c2c(-c3ccccc3)cccc21. The molecular weight excluding hydrogens is 675 g/mol. The summed E-state index contributed by atoms with van der Waals surface area (Å²) in [7, 11) is 0. The molecule has 0 bridgehead atoms. The zero-order valence-corrected chi connectivity index (χ0v) is 31.7. The number of nitrogens with zero attached hydrogens (tertiary/aromatic N) is 1. The molecule has 0 saturated heterocycles. The van der Waals surface area contributed by atoms with Gasteiger partial charge in [-0.3, -0.25) is 0 Å². The number of benzene rings is 9. The van der Waals surface area contributed by atoms with E-state index < -0.39 is 0 Å². The zero-order chi connectivity index (χ0) is 37.6. The van der Waals surface area contributed by atoms with Gasteiger partial charge < -0.3 is 4.90 Å². The third-order valence-electron chi connectivity index (χ3n) is 11.7. The minimum atomic E-state index is -0.176. The van der Waals surface area contributed by atoms with Crippen molar-refractivity contribution >= 4 is 27.8 Å². The normalized spacial score (nSPS) is 12.6. The summed E-state index contributed by atoms with van der Waals surface area (Å²) in [6.45, 7) is 4.75. The lowest BCUT2D eigenvalue weighted by Crippen LogP contribution is -2.17. The maximum atomic E-state index is 2.45. The first-order chi connectivity index (χ1) is 27.6. The number of anilines is 3. The van der Waals surface area contributed by atoms with E-state index in [1.165, 1.54) is 77.5 Å². The molecule has 0 fully saturated rings. The fraction of sp³-hybridized carbons (Fsp3) is 0.0545. The molecule has 1 nitrogen and oxygen atoms in total. The van der Waals surface area contributed by atoms with Crippen LogP contribution < -0.4 is 4.90 Å². The fourth-order valence-corrected chi connectivity index (χ4v) is 8.96. The molecule has 1 heteroatoms. The van der Waals surface area contributed by atoms with Gasteiger partial charge in [-0.1, -0.05) is 196 Å². The van der Waals surface area contributed by atoms with Crippen LogP contribution in [0.3, 0.4) is 0 Å². The molecule has 1 aliphatic carbocycles. The molecule has 0 aliphatic heterocycles. The summed E-state index contributed by atoms with van der Waals surface area (Å²) >= 11 is 0. The summed E-state index contributed by atoms with van der Waals surface area (Å²) in [4.78, 5) is 2.45. The lowest BCUT2D eigenvalue weighted by atomic mass is 9.81. The van der Waals surface area contributed by atoms with Crippen LogP contribution in [0.15, 0.2) is 212 Å². The Balaban J connectivity index is 1.14. The first-order valence-corrected chi connectivity index (χ1v) is 19.5. The van der Waals surface area contributed by atoms with Crippen LogP contribution in [-0.2, 0) is 5.41 Å². The lowest BCUT2D eigenvalue weighted by Gasteiger charge is -2.30. The van der Waals surface area contributed by atoms with Gasteiger partial charge in [0.05, 0.1) is 5.69 Å². The number of hydrogen-bond donors (Lipinski definition) is 0. The van der Waals surface area contributed by atoms with Crippen molar-refractivity contribution in [3.8, 4) is 55.6 Å². The Morgan fingerprint density at radius 1 is 0.339 bits per heavy atom. The van der Waals surface area contributed by atoms with Gasteiger partial charge in [0, 0.05) is 22.4 Å². The molecule has 0 atom stereocenters. The Kier molecular flexibility index (Phi) is 8.23. The Labute approximate surface area is 329 Å². The van der Waals surface area contributed by atoms with E-state index in [2.05, 4.69) is 231 Å². The van der Waals surface area contributed by atoms with Gasteiger partial charge in [0.2, 0.25) is 0 Å². The third kappa shape index (κ3) is 5.63. The Bertz CT molecular complexity index is 2850. The average Bonchev–Trinajstić information content (AvgIpc) is 3.50. The molecule has 0 saturated carbocycles. The van der Waals surface area contributed by atoms with Crippen molar-refractivity contribution in [3.63, 3.8) is 0 Å². The predicted octanol–water partition coefficient (Wildman–Crippen LogP) is 15.3. The maximum Gasteiger partial charge on any atom is 0.0540 e. The standard InChI is InChI=1S/C55H41N/c1-55(2)50-29-16-28-48(40-21-10-5-11-22-40)54(50)49-36-35-44(37-51(49)55)56(52-30-13-12-25-45(52)38-17-6-3-7-18-38)43-33-31-41(32-34-43)47-27-15-24-42-23-14-26-46(53(42)47)39-19-8-4-9-20-39/h3-37H,1-2H3. The summed E-state index contributed by atoms with van der Waals surface area (Å²) in [5.74, 6) is 0. The minimum absolute atomic E-state index is 0.176. The second-order valence-corrected chi connectivity index (χ2v) is 15.3. The summed E-state index contributed by atoms with van der Waals surface area (Å²) < 4.78 is 0. The number of hydrogen-bond acceptors (Lipinski definition) is 1. The second kappa shape index (κ2) is 13.7. The Morgan fingerprint density at radius 3 is 1.46 bits per heavy atom. The van der Waals surface area contributed by atoms with Gasteiger partial charge >= 0.3 is 0 Å². The van der Waals surface area contributed by atoms with Crippen LogP contribution in [0.2, 0.25) is 0 Å². The lowest BCUT2D eigenvalue weighted by molar-refractivity contribution is 0.660. The molecule has 0 spiro atoms. The molecule has 0 amide bonds. The molecule has 0 radical (unpaired) electrons. The van der Waals surface area contributed by atoms with Crippen molar-refractivity contribution in [1.82, 2.24) is 0 Å². The predicted molar refractivity (Wildman–Crippen MR) is 238 cm³/mol. The van der Waals surface area contributed by atoms with Crippen molar-refractivity contribution in [2.24, 2.45) is 0 Å². The van der Waals surface area contributed by atoms with E-state index in [0.29, 0.717) is 0 Å². The highest BCUT2D eigenvalue weighted by Crippen LogP contribution is 2.54. The van der Waals surface area contributed by atoms with E-state index in [1.807, 2.05) is 0 Å². The van der Waals surface area contributed by atoms with Crippen molar-refractivity contribution in [2.75, 3.05) is 4.90 Å². The summed E-state index contributed by atoms with van der Waals surface area (Å²) in [6.07, 6.45) is 0. The summed E-state index contributed by atoms with van der Waals surface area (Å²) in [5, 5.41) is 2.51. The Morgan fingerprint density at radius 2 is 0.821 bits per heavy atom. The minimum Gasteiger partial charge on any atom is -0.310 e. The molecule has 0 aromatic heterocycles. The highest BCUT2D eigenvalue weighted by Gasteiger charge is 2.37. The van der Waals surface area contributed by atoms with Crippen LogP contribution in [0.1, 0.15) is 25.0 Å². The average molecular weight is 716 g/mol. The molecule has 56 heavy (non-hydrogen) atoms. The molecule has 1 aliphatic rings. The van der Waals surface area contributed by atoms with Crippen molar-refractivity contribution in [2.45, 2.75) is 19.3 Å². The van der Waals surface area contributed by atoms with Gasteiger partial charge in [0.25, 0.3) is 0 Å². The molecule has 266 valence electrons. The second-order valence-electron chi connectivity index (χ2n) is 15.3. The maximum absolute atomic E-state index is 2.45. The fourth-order valence-electron chi connectivity index (χ4n) is 8.96. The first-order valence-electron chi connectivity index (χ1n) is 19.5. The molecule has 0 unspecified atom stereocenters. The van der Waals surface area contributed by atoms with E-state index in [1.54, 1.807) is 0 Å². The van der Waals surface area contributed by atoms with Crippen molar-refractivity contribution < 1.29 is 0 Å². The first kappa shape index (κ1) is 33.6. The highest BCUT2D eigenvalue weighted by molar-refractivity contribution is 6.06. The molecular formula is C55H41N. The van der Waals surface area contributed by atoms with Crippen LogP contribution in [0.25, 0.3) is 66.4 Å².